The van der Waals surface area contributed by atoms with Crippen molar-refractivity contribution in [2.75, 3.05) is 18.6 Å². The lowest BCUT2D eigenvalue weighted by atomic mass is 10.1. The van der Waals surface area contributed by atoms with E-state index in [1.54, 1.807) is 18.7 Å². The molecule has 1 aromatic rings. The van der Waals surface area contributed by atoms with E-state index in [0.29, 0.717) is 17.0 Å². The molecular weight excluding hydrogens is 248 g/mol. The summed E-state index contributed by atoms with van der Waals surface area (Å²) >= 11 is 1.90. The normalized spacial score (nSPS) is 12.5. The average molecular weight is 270 g/mol. The number of rotatable bonds is 6. The van der Waals surface area contributed by atoms with E-state index in [1.165, 1.54) is 0 Å². The minimum atomic E-state index is 0.000230. The highest BCUT2D eigenvalue weighted by molar-refractivity contribution is 7.99. The quantitative estimate of drug-likeness (QED) is 0.746. The Morgan fingerprint density at radius 3 is 2.67 bits per heavy atom. The maximum absolute atomic E-state index is 12.3. The number of hydrogen-bond donors (Lipinski definition) is 0. The molecule has 0 fully saturated rings. The molecule has 1 rings (SSSR count). The fourth-order valence-electron chi connectivity index (χ4n) is 1.76. The van der Waals surface area contributed by atoms with Gasteiger partial charge in [-0.3, -0.25) is 4.79 Å². The summed E-state index contributed by atoms with van der Waals surface area (Å²) in [5.74, 6) is 2.80. The SMILES string of the molecule is CCSCC[C@@H](C)N(C)C(=O)c1c(C)noc1C. The minimum Gasteiger partial charge on any atom is -0.361 e. The number of thioether (sulfide) groups is 1. The molecule has 1 amide bonds. The summed E-state index contributed by atoms with van der Waals surface area (Å²) in [6.07, 6.45) is 1.00. The number of nitrogens with zero attached hydrogens (tertiary/aromatic N) is 2. The van der Waals surface area contributed by atoms with Gasteiger partial charge in [-0.2, -0.15) is 11.8 Å². The lowest BCUT2D eigenvalue weighted by Gasteiger charge is -2.24. The van der Waals surface area contributed by atoms with Crippen molar-refractivity contribution >= 4 is 17.7 Å². The Morgan fingerprint density at radius 2 is 2.17 bits per heavy atom. The summed E-state index contributed by atoms with van der Waals surface area (Å²) in [6, 6.07) is 0.227. The number of aryl methyl sites for hydroxylation is 2. The molecule has 0 aliphatic rings. The third-order valence-corrected chi connectivity index (χ3v) is 4.05. The van der Waals surface area contributed by atoms with E-state index in [-0.39, 0.29) is 11.9 Å². The Balaban J connectivity index is 2.66. The van der Waals surface area contributed by atoms with Gasteiger partial charge in [0.2, 0.25) is 0 Å². The van der Waals surface area contributed by atoms with Crippen LogP contribution in [0.2, 0.25) is 0 Å². The van der Waals surface area contributed by atoms with Crippen molar-refractivity contribution in [2.24, 2.45) is 0 Å². The molecular formula is C13H22N2O2S. The van der Waals surface area contributed by atoms with Crippen LogP contribution in [0.5, 0.6) is 0 Å². The lowest BCUT2D eigenvalue weighted by Crippen LogP contribution is -2.36. The molecule has 0 saturated carbocycles. The van der Waals surface area contributed by atoms with Gasteiger partial charge in [-0.15, -0.1) is 0 Å². The van der Waals surface area contributed by atoms with E-state index in [9.17, 15) is 4.79 Å². The van der Waals surface area contributed by atoms with E-state index in [0.717, 1.165) is 17.9 Å². The molecule has 4 nitrogen and oxygen atoms in total. The van der Waals surface area contributed by atoms with E-state index < -0.39 is 0 Å². The number of carbonyl (C=O) groups is 1. The van der Waals surface area contributed by atoms with Crippen molar-refractivity contribution in [2.45, 2.75) is 40.2 Å². The van der Waals surface area contributed by atoms with Crippen molar-refractivity contribution in [3.05, 3.63) is 17.0 Å². The zero-order valence-electron chi connectivity index (χ0n) is 11.8. The molecule has 5 heteroatoms. The third kappa shape index (κ3) is 3.51. The second kappa shape index (κ2) is 6.83. The summed E-state index contributed by atoms with van der Waals surface area (Å²) in [5.41, 5.74) is 1.27. The molecule has 1 aromatic heterocycles. The molecule has 0 saturated heterocycles. The Hall–Kier alpha value is -0.970. The van der Waals surface area contributed by atoms with Crippen molar-refractivity contribution < 1.29 is 9.32 Å². The smallest absolute Gasteiger partial charge is 0.259 e. The molecule has 0 aromatic carbocycles. The zero-order chi connectivity index (χ0) is 13.7. The Morgan fingerprint density at radius 1 is 1.50 bits per heavy atom. The van der Waals surface area contributed by atoms with Gasteiger partial charge in [0.25, 0.3) is 5.91 Å². The van der Waals surface area contributed by atoms with Crippen LogP contribution in [0.4, 0.5) is 0 Å². The molecule has 18 heavy (non-hydrogen) atoms. The minimum absolute atomic E-state index is 0.000230. The van der Waals surface area contributed by atoms with Crippen molar-refractivity contribution in [3.8, 4) is 0 Å². The van der Waals surface area contributed by atoms with Crippen LogP contribution in [0.3, 0.4) is 0 Å². The number of amides is 1. The van der Waals surface area contributed by atoms with Crippen LogP contribution in [0.1, 0.15) is 42.1 Å². The van der Waals surface area contributed by atoms with Crippen molar-refractivity contribution in [1.82, 2.24) is 10.1 Å². The van der Waals surface area contributed by atoms with Crippen LogP contribution >= 0.6 is 11.8 Å². The molecule has 0 aliphatic heterocycles. The van der Waals surface area contributed by atoms with E-state index in [1.807, 2.05) is 18.8 Å². The second-order valence-corrected chi connectivity index (χ2v) is 5.84. The molecule has 0 bridgehead atoms. The zero-order valence-corrected chi connectivity index (χ0v) is 12.6. The Bertz CT molecular complexity index is 384. The first-order valence-corrected chi connectivity index (χ1v) is 7.42. The molecule has 0 aliphatic carbocycles. The average Bonchev–Trinajstić information content (AvgIpc) is 2.67. The fourth-order valence-corrected chi connectivity index (χ4v) is 2.55. The highest BCUT2D eigenvalue weighted by Gasteiger charge is 2.23. The van der Waals surface area contributed by atoms with Crippen molar-refractivity contribution in [3.63, 3.8) is 0 Å². The number of carbonyl (C=O) groups excluding carboxylic acids is 1. The summed E-state index contributed by atoms with van der Waals surface area (Å²) in [6.45, 7) is 7.80. The first-order valence-electron chi connectivity index (χ1n) is 6.26. The van der Waals surface area contributed by atoms with Gasteiger partial charge in [0.15, 0.2) is 0 Å². The topological polar surface area (TPSA) is 46.3 Å². The summed E-state index contributed by atoms with van der Waals surface area (Å²) < 4.78 is 5.04. The predicted molar refractivity (Wildman–Crippen MR) is 75.1 cm³/mol. The summed E-state index contributed by atoms with van der Waals surface area (Å²) in [4.78, 5) is 14.1. The Kier molecular flexibility index (Phi) is 5.72. The van der Waals surface area contributed by atoms with Crippen LogP contribution in [0, 0.1) is 13.8 Å². The lowest BCUT2D eigenvalue weighted by molar-refractivity contribution is 0.0739. The van der Waals surface area contributed by atoms with Crippen LogP contribution < -0.4 is 0 Å². The van der Waals surface area contributed by atoms with Gasteiger partial charge in [-0.1, -0.05) is 12.1 Å². The van der Waals surface area contributed by atoms with Gasteiger partial charge in [0, 0.05) is 13.1 Å². The summed E-state index contributed by atoms with van der Waals surface area (Å²) in [5, 5.41) is 3.83. The van der Waals surface area contributed by atoms with Crippen LogP contribution in [0.25, 0.3) is 0 Å². The fraction of sp³-hybridized carbons (Fsp3) is 0.692. The number of hydrogen-bond acceptors (Lipinski definition) is 4. The van der Waals surface area contributed by atoms with Gasteiger partial charge in [-0.25, -0.2) is 0 Å². The number of aromatic nitrogens is 1. The van der Waals surface area contributed by atoms with Crippen molar-refractivity contribution in [1.29, 1.82) is 0 Å². The first kappa shape index (κ1) is 15.1. The van der Waals surface area contributed by atoms with Crippen LogP contribution in [-0.2, 0) is 0 Å². The largest absolute Gasteiger partial charge is 0.361 e. The van der Waals surface area contributed by atoms with E-state index >= 15 is 0 Å². The molecule has 0 spiro atoms. The molecule has 1 atom stereocenters. The van der Waals surface area contributed by atoms with Gasteiger partial charge in [0.05, 0.1) is 5.69 Å². The highest BCUT2D eigenvalue weighted by atomic mass is 32.2. The molecule has 1 heterocycles. The van der Waals surface area contributed by atoms with E-state index in [4.69, 9.17) is 4.52 Å². The van der Waals surface area contributed by atoms with Gasteiger partial charge >= 0.3 is 0 Å². The molecule has 0 radical (unpaired) electrons. The highest BCUT2D eigenvalue weighted by Crippen LogP contribution is 2.17. The van der Waals surface area contributed by atoms with Gasteiger partial charge in [0.1, 0.15) is 11.3 Å². The molecule has 102 valence electrons. The predicted octanol–water partition coefficient (Wildman–Crippen LogP) is 2.90. The molecule has 0 N–H and O–H groups in total. The van der Waals surface area contributed by atoms with Gasteiger partial charge < -0.3 is 9.42 Å². The third-order valence-electron chi connectivity index (χ3n) is 3.11. The van der Waals surface area contributed by atoms with E-state index in [2.05, 4.69) is 19.0 Å². The standard InChI is InChI=1S/C13H22N2O2S/c1-6-18-8-7-9(2)15(5)13(16)12-10(3)14-17-11(12)4/h9H,6-8H2,1-5H3/t9-/m1/s1. The van der Waals surface area contributed by atoms with Crippen LogP contribution in [0.15, 0.2) is 4.52 Å². The summed E-state index contributed by atoms with van der Waals surface area (Å²) in [7, 11) is 1.84. The Labute approximate surface area is 113 Å². The monoisotopic (exact) mass is 270 g/mol. The van der Waals surface area contributed by atoms with Gasteiger partial charge in [-0.05, 0) is 38.7 Å². The maximum Gasteiger partial charge on any atom is 0.259 e. The molecule has 0 unspecified atom stereocenters. The first-order chi connectivity index (χ1) is 8.49. The van der Waals surface area contributed by atoms with Crippen LogP contribution in [-0.4, -0.2) is 40.6 Å². The maximum atomic E-state index is 12.3. The second-order valence-electron chi connectivity index (χ2n) is 4.45.